The van der Waals surface area contributed by atoms with Crippen molar-refractivity contribution in [2.24, 2.45) is 4.99 Å². The Morgan fingerprint density at radius 3 is 2.58 bits per heavy atom. The van der Waals surface area contributed by atoms with Gasteiger partial charge in [0.15, 0.2) is 5.96 Å². The molecule has 1 rings (SSSR count). The lowest BCUT2D eigenvalue weighted by atomic mass is 10.2. The van der Waals surface area contributed by atoms with Crippen LogP contribution in [0.25, 0.3) is 0 Å². The molecule has 1 amide bonds. The zero-order valence-electron chi connectivity index (χ0n) is 17.3. The molecule has 1 atom stereocenters. The fourth-order valence-corrected chi connectivity index (χ4v) is 2.89. The summed E-state index contributed by atoms with van der Waals surface area (Å²) in [6.45, 7) is 11.0. The van der Waals surface area contributed by atoms with Gasteiger partial charge in [0.25, 0.3) is 0 Å². The molecule has 1 unspecified atom stereocenters. The maximum absolute atomic E-state index is 12.1. The number of ether oxygens (including phenoxy) is 1. The minimum absolute atomic E-state index is 0.0574. The van der Waals surface area contributed by atoms with Gasteiger partial charge in [-0.15, -0.1) is 11.3 Å². The monoisotopic (exact) mass is 383 g/mol. The number of carbonyl (C=O) groups excluding carboxylic acids is 1. The van der Waals surface area contributed by atoms with Crippen LogP contribution in [0.15, 0.2) is 10.4 Å². The second-order valence-corrected chi connectivity index (χ2v) is 8.48. The van der Waals surface area contributed by atoms with E-state index in [1.165, 1.54) is 0 Å². The Hall–Kier alpha value is -1.83. The molecule has 148 valence electrons. The topological polar surface area (TPSA) is 70.1 Å². The van der Waals surface area contributed by atoms with Crippen LogP contribution in [0.1, 0.15) is 44.8 Å². The van der Waals surface area contributed by atoms with Gasteiger partial charge in [0.05, 0.1) is 17.2 Å². The van der Waals surface area contributed by atoms with Crippen LogP contribution in [-0.2, 0) is 11.3 Å². The van der Waals surface area contributed by atoms with Crippen LogP contribution in [0.5, 0.6) is 0 Å². The van der Waals surface area contributed by atoms with Crippen LogP contribution in [-0.4, -0.2) is 66.2 Å². The van der Waals surface area contributed by atoms with Gasteiger partial charge in [0, 0.05) is 39.1 Å². The molecule has 0 spiro atoms. The minimum Gasteiger partial charge on any atom is -0.444 e. The van der Waals surface area contributed by atoms with Gasteiger partial charge in [-0.05, 0) is 41.0 Å². The third-order valence-electron chi connectivity index (χ3n) is 3.83. The van der Waals surface area contributed by atoms with Crippen molar-refractivity contribution >= 4 is 23.4 Å². The minimum atomic E-state index is -0.484. The number of hydrogen-bond donors (Lipinski definition) is 1. The maximum atomic E-state index is 12.1. The van der Waals surface area contributed by atoms with E-state index < -0.39 is 5.60 Å². The van der Waals surface area contributed by atoms with Gasteiger partial charge in [-0.25, -0.2) is 9.78 Å². The van der Waals surface area contributed by atoms with Crippen LogP contribution >= 0.6 is 11.3 Å². The van der Waals surface area contributed by atoms with Crippen molar-refractivity contribution in [1.82, 2.24) is 20.1 Å². The van der Waals surface area contributed by atoms with Gasteiger partial charge in [-0.3, -0.25) is 4.99 Å². The summed E-state index contributed by atoms with van der Waals surface area (Å²) >= 11 is 1.65. The molecule has 0 bridgehead atoms. The van der Waals surface area contributed by atoms with Crippen LogP contribution in [0.4, 0.5) is 4.79 Å². The number of carbonyl (C=O) groups is 1. The van der Waals surface area contributed by atoms with Crippen molar-refractivity contribution in [2.45, 2.75) is 59.2 Å². The van der Waals surface area contributed by atoms with Crippen molar-refractivity contribution in [1.29, 1.82) is 0 Å². The lowest BCUT2D eigenvalue weighted by Gasteiger charge is -2.29. The molecule has 0 aliphatic carbocycles. The summed E-state index contributed by atoms with van der Waals surface area (Å²) in [5, 5.41) is 6.47. The Kier molecular flexibility index (Phi) is 8.33. The third kappa shape index (κ3) is 7.59. The zero-order chi connectivity index (χ0) is 19.9. The largest absolute Gasteiger partial charge is 0.444 e. The number of nitrogens with one attached hydrogen (secondary N) is 1. The predicted octanol–water partition coefficient (Wildman–Crippen LogP) is 3.10. The standard InChI is InChI=1S/C18H33N5O2S/c1-13(23(8)17(24)25-18(3,4)5)9-10-20-16(19-6)22(7)11-15-12-26-14(2)21-15/h12-13H,9-11H2,1-8H3,(H,19,20). The average Bonchev–Trinajstić information content (AvgIpc) is 2.93. The first-order chi connectivity index (χ1) is 12.0. The van der Waals surface area contributed by atoms with E-state index in [4.69, 9.17) is 4.74 Å². The van der Waals surface area contributed by atoms with Gasteiger partial charge >= 0.3 is 6.09 Å². The summed E-state index contributed by atoms with van der Waals surface area (Å²) in [5.41, 5.74) is 0.554. The Bertz CT molecular complexity index is 609. The number of aliphatic imine (C=N–C) groups is 1. The molecule has 0 saturated carbocycles. The second kappa shape index (κ2) is 9.75. The van der Waals surface area contributed by atoms with Gasteiger partial charge in [0.1, 0.15) is 5.60 Å². The molecular formula is C18H33N5O2S. The number of aromatic nitrogens is 1. The molecule has 0 aliphatic heterocycles. The highest BCUT2D eigenvalue weighted by Gasteiger charge is 2.22. The van der Waals surface area contributed by atoms with Crippen LogP contribution < -0.4 is 5.32 Å². The predicted molar refractivity (Wildman–Crippen MR) is 108 cm³/mol. The molecule has 8 heteroatoms. The molecule has 0 fully saturated rings. The molecule has 0 aromatic carbocycles. The molecule has 1 heterocycles. The first-order valence-electron chi connectivity index (χ1n) is 8.82. The molecule has 0 saturated heterocycles. The van der Waals surface area contributed by atoms with Crippen LogP contribution in [0.3, 0.4) is 0 Å². The van der Waals surface area contributed by atoms with Gasteiger partial charge in [-0.2, -0.15) is 0 Å². The van der Waals surface area contributed by atoms with Crippen LogP contribution in [0, 0.1) is 6.92 Å². The van der Waals surface area contributed by atoms with Crippen molar-refractivity contribution in [3.05, 3.63) is 16.1 Å². The van der Waals surface area contributed by atoms with Crippen molar-refractivity contribution in [3.8, 4) is 0 Å². The summed E-state index contributed by atoms with van der Waals surface area (Å²) in [5.74, 6) is 0.808. The molecule has 7 nitrogen and oxygen atoms in total. The number of rotatable bonds is 6. The number of guanidine groups is 1. The molecule has 0 aliphatic rings. The van der Waals surface area contributed by atoms with Crippen molar-refractivity contribution < 1.29 is 9.53 Å². The fraction of sp³-hybridized carbons (Fsp3) is 0.722. The summed E-state index contributed by atoms with van der Waals surface area (Å²) in [7, 11) is 5.52. The lowest BCUT2D eigenvalue weighted by Crippen LogP contribution is -2.43. The number of thiazole rings is 1. The second-order valence-electron chi connectivity index (χ2n) is 7.42. The summed E-state index contributed by atoms with van der Waals surface area (Å²) in [4.78, 5) is 24.6. The van der Waals surface area contributed by atoms with E-state index in [9.17, 15) is 4.79 Å². The Labute approximate surface area is 161 Å². The van der Waals surface area contributed by atoms with E-state index in [1.54, 1.807) is 30.3 Å². The van der Waals surface area contributed by atoms with Gasteiger partial charge in [-0.1, -0.05) is 0 Å². The summed E-state index contributed by atoms with van der Waals surface area (Å²) < 4.78 is 5.40. The SMILES string of the molecule is CN=C(NCCC(C)N(C)C(=O)OC(C)(C)C)N(C)Cc1csc(C)n1. The Morgan fingerprint density at radius 2 is 2.08 bits per heavy atom. The number of amides is 1. The first kappa shape index (κ1) is 22.2. The van der Waals surface area contributed by atoms with E-state index in [2.05, 4.69) is 20.7 Å². The summed E-state index contributed by atoms with van der Waals surface area (Å²) in [6.07, 6.45) is 0.490. The Balaban J connectivity index is 2.44. The number of hydrogen-bond acceptors (Lipinski definition) is 5. The quantitative estimate of drug-likeness (QED) is 0.604. The van der Waals surface area contributed by atoms with E-state index in [0.29, 0.717) is 13.1 Å². The van der Waals surface area contributed by atoms with Crippen molar-refractivity contribution in [2.75, 3.05) is 27.7 Å². The highest BCUT2D eigenvalue weighted by atomic mass is 32.1. The Morgan fingerprint density at radius 1 is 1.42 bits per heavy atom. The molecule has 1 aromatic rings. The lowest BCUT2D eigenvalue weighted by molar-refractivity contribution is 0.0230. The zero-order valence-corrected chi connectivity index (χ0v) is 18.1. The smallest absolute Gasteiger partial charge is 0.410 e. The first-order valence-corrected chi connectivity index (χ1v) is 9.70. The fourth-order valence-electron chi connectivity index (χ4n) is 2.28. The molecular weight excluding hydrogens is 350 g/mol. The molecule has 0 radical (unpaired) electrons. The van der Waals surface area contributed by atoms with E-state index in [1.807, 2.05) is 46.6 Å². The third-order valence-corrected chi connectivity index (χ3v) is 4.65. The highest BCUT2D eigenvalue weighted by molar-refractivity contribution is 7.09. The van der Waals surface area contributed by atoms with E-state index >= 15 is 0 Å². The molecule has 1 aromatic heterocycles. The number of nitrogens with zero attached hydrogens (tertiary/aromatic N) is 4. The van der Waals surface area contributed by atoms with Crippen molar-refractivity contribution in [3.63, 3.8) is 0 Å². The molecule has 26 heavy (non-hydrogen) atoms. The van der Waals surface area contributed by atoms with E-state index in [-0.39, 0.29) is 12.1 Å². The average molecular weight is 384 g/mol. The number of aryl methyl sites for hydroxylation is 1. The van der Waals surface area contributed by atoms with Gasteiger partial charge < -0.3 is 19.9 Å². The van der Waals surface area contributed by atoms with Crippen LogP contribution in [0.2, 0.25) is 0 Å². The maximum Gasteiger partial charge on any atom is 0.410 e. The highest BCUT2D eigenvalue weighted by Crippen LogP contribution is 2.12. The van der Waals surface area contributed by atoms with E-state index in [0.717, 1.165) is 23.1 Å². The van der Waals surface area contributed by atoms with Gasteiger partial charge in [0.2, 0.25) is 0 Å². The molecule has 1 N–H and O–H groups in total. The summed E-state index contributed by atoms with van der Waals surface area (Å²) in [6, 6.07) is 0.0574. The normalized spacial score (nSPS) is 13.3.